The number of benzene rings is 1. The second-order valence-electron chi connectivity index (χ2n) is 4.19. The monoisotopic (exact) mass is 319 g/mol. The summed E-state index contributed by atoms with van der Waals surface area (Å²) in [7, 11) is 0. The Hall–Kier alpha value is -0.0900. The molecule has 0 spiro atoms. The zero-order valence-electron chi connectivity index (χ0n) is 10.2. The van der Waals surface area contributed by atoms with E-state index in [9.17, 15) is 5.11 Å². The van der Waals surface area contributed by atoms with Crippen LogP contribution in [0.5, 0.6) is 0 Å². The van der Waals surface area contributed by atoms with E-state index >= 15 is 0 Å². The van der Waals surface area contributed by atoms with Gasteiger partial charge in [-0.2, -0.15) is 0 Å². The molecule has 0 amide bonds. The van der Waals surface area contributed by atoms with Crippen molar-refractivity contribution in [2.24, 2.45) is 0 Å². The molecule has 1 aromatic carbocycles. The lowest BCUT2D eigenvalue weighted by atomic mass is 10.1. The molecule has 0 aromatic heterocycles. The lowest BCUT2D eigenvalue weighted by Gasteiger charge is -2.17. The van der Waals surface area contributed by atoms with E-state index in [1.807, 2.05) is 25.1 Å². The minimum atomic E-state index is -0.213. The summed E-state index contributed by atoms with van der Waals surface area (Å²) in [5, 5.41) is 13.6. The van der Waals surface area contributed by atoms with Gasteiger partial charge in [-0.25, -0.2) is 0 Å². The van der Waals surface area contributed by atoms with E-state index in [0.29, 0.717) is 0 Å². The van der Waals surface area contributed by atoms with Crippen LogP contribution in [0.3, 0.4) is 0 Å². The summed E-state index contributed by atoms with van der Waals surface area (Å²) in [5.74, 6) is 0. The summed E-state index contributed by atoms with van der Waals surface area (Å²) in [6.07, 6.45) is 1.36. The molecule has 0 saturated heterocycles. The van der Waals surface area contributed by atoms with Crippen molar-refractivity contribution >= 4 is 27.5 Å². The standard InChI is InChI=1S/C13H19BrClNO/c1-3-11(17)6-7-16-9(2)12-5-4-10(14)8-13(12)15/h4-5,8-9,11,16-17H,3,6-7H2,1-2H3. The number of hydrogen-bond donors (Lipinski definition) is 2. The van der Waals surface area contributed by atoms with Crippen LogP contribution in [0, 0.1) is 0 Å². The zero-order valence-corrected chi connectivity index (χ0v) is 12.6. The molecule has 2 nitrogen and oxygen atoms in total. The number of halogens is 2. The minimum Gasteiger partial charge on any atom is -0.393 e. The molecule has 0 heterocycles. The number of nitrogens with one attached hydrogen (secondary N) is 1. The third-order valence-corrected chi connectivity index (χ3v) is 3.65. The van der Waals surface area contributed by atoms with Gasteiger partial charge in [0.25, 0.3) is 0 Å². The van der Waals surface area contributed by atoms with Gasteiger partial charge in [-0.3, -0.25) is 0 Å². The van der Waals surface area contributed by atoms with Gasteiger partial charge in [0.1, 0.15) is 0 Å². The summed E-state index contributed by atoms with van der Waals surface area (Å²) in [5.41, 5.74) is 1.08. The molecule has 0 bridgehead atoms. The van der Waals surface area contributed by atoms with Crippen LogP contribution in [0.1, 0.15) is 38.3 Å². The van der Waals surface area contributed by atoms with Crippen LogP contribution in [-0.4, -0.2) is 17.8 Å². The molecule has 0 aliphatic rings. The summed E-state index contributed by atoms with van der Waals surface area (Å²) in [6, 6.07) is 6.09. The number of aliphatic hydroxyl groups is 1. The van der Waals surface area contributed by atoms with Crippen LogP contribution < -0.4 is 5.32 Å². The van der Waals surface area contributed by atoms with E-state index in [2.05, 4.69) is 28.2 Å². The van der Waals surface area contributed by atoms with Gasteiger partial charge in [0, 0.05) is 15.5 Å². The van der Waals surface area contributed by atoms with Crippen molar-refractivity contribution in [2.75, 3.05) is 6.54 Å². The largest absolute Gasteiger partial charge is 0.393 e. The minimum absolute atomic E-state index is 0.194. The van der Waals surface area contributed by atoms with E-state index in [1.165, 1.54) is 0 Å². The van der Waals surface area contributed by atoms with Crippen molar-refractivity contribution in [2.45, 2.75) is 38.8 Å². The van der Waals surface area contributed by atoms with Crippen molar-refractivity contribution in [3.63, 3.8) is 0 Å². The topological polar surface area (TPSA) is 32.3 Å². The predicted octanol–water partition coefficient (Wildman–Crippen LogP) is 3.91. The van der Waals surface area contributed by atoms with E-state index in [0.717, 1.165) is 34.4 Å². The van der Waals surface area contributed by atoms with Gasteiger partial charge in [-0.1, -0.05) is 40.5 Å². The smallest absolute Gasteiger partial charge is 0.0549 e. The summed E-state index contributed by atoms with van der Waals surface area (Å²) in [4.78, 5) is 0. The van der Waals surface area contributed by atoms with E-state index in [4.69, 9.17) is 11.6 Å². The highest BCUT2D eigenvalue weighted by molar-refractivity contribution is 9.10. The summed E-state index contributed by atoms with van der Waals surface area (Å²) < 4.78 is 0.986. The van der Waals surface area contributed by atoms with Gasteiger partial charge in [-0.15, -0.1) is 0 Å². The highest BCUT2D eigenvalue weighted by Crippen LogP contribution is 2.26. The predicted molar refractivity (Wildman–Crippen MR) is 76.5 cm³/mol. The van der Waals surface area contributed by atoms with Gasteiger partial charge in [0.15, 0.2) is 0 Å². The number of rotatable bonds is 6. The first kappa shape index (κ1) is 15.0. The Balaban J connectivity index is 2.49. The van der Waals surface area contributed by atoms with Crippen LogP contribution in [-0.2, 0) is 0 Å². The van der Waals surface area contributed by atoms with Crippen LogP contribution >= 0.6 is 27.5 Å². The Labute approximate surface area is 117 Å². The van der Waals surface area contributed by atoms with E-state index < -0.39 is 0 Å². The normalized spacial score (nSPS) is 14.6. The van der Waals surface area contributed by atoms with Crippen molar-refractivity contribution in [3.8, 4) is 0 Å². The second kappa shape index (κ2) is 7.37. The van der Waals surface area contributed by atoms with Crippen LogP contribution in [0.4, 0.5) is 0 Å². The molecule has 2 N–H and O–H groups in total. The van der Waals surface area contributed by atoms with Gasteiger partial charge < -0.3 is 10.4 Å². The molecule has 0 radical (unpaired) electrons. The lowest BCUT2D eigenvalue weighted by molar-refractivity contribution is 0.159. The fourth-order valence-corrected chi connectivity index (χ4v) is 2.47. The van der Waals surface area contributed by atoms with Crippen molar-refractivity contribution in [1.82, 2.24) is 5.32 Å². The van der Waals surface area contributed by atoms with Gasteiger partial charge in [0.2, 0.25) is 0 Å². The molecule has 0 aliphatic heterocycles. The molecular formula is C13H19BrClNO. The Kier molecular flexibility index (Phi) is 6.49. The Bertz CT molecular complexity index is 359. The van der Waals surface area contributed by atoms with Gasteiger partial charge in [0.05, 0.1) is 6.10 Å². The number of aliphatic hydroxyl groups excluding tert-OH is 1. The first-order valence-electron chi connectivity index (χ1n) is 5.91. The summed E-state index contributed by atoms with van der Waals surface area (Å²) >= 11 is 9.56. The first-order chi connectivity index (χ1) is 8.04. The second-order valence-corrected chi connectivity index (χ2v) is 5.52. The average Bonchev–Trinajstić information content (AvgIpc) is 2.28. The van der Waals surface area contributed by atoms with Crippen LogP contribution in [0.2, 0.25) is 5.02 Å². The van der Waals surface area contributed by atoms with Crippen molar-refractivity contribution in [1.29, 1.82) is 0 Å². The van der Waals surface area contributed by atoms with Crippen LogP contribution in [0.25, 0.3) is 0 Å². The Morgan fingerprint density at radius 1 is 1.47 bits per heavy atom. The fourth-order valence-electron chi connectivity index (χ4n) is 1.63. The molecule has 4 heteroatoms. The molecule has 2 unspecified atom stereocenters. The van der Waals surface area contributed by atoms with E-state index in [-0.39, 0.29) is 12.1 Å². The van der Waals surface area contributed by atoms with Gasteiger partial charge in [-0.05, 0) is 44.0 Å². The summed E-state index contributed by atoms with van der Waals surface area (Å²) in [6.45, 7) is 4.86. The third kappa shape index (κ3) is 4.96. The number of hydrogen-bond acceptors (Lipinski definition) is 2. The van der Waals surface area contributed by atoms with Crippen molar-refractivity contribution < 1.29 is 5.11 Å². The molecular weight excluding hydrogens is 302 g/mol. The molecule has 17 heavy (non-hydrogen) atoms. The fraction of sp³-hybridized carbons (Fsp3) is 0.538. The first-order valence-corrected chi connectivity index (χ1v) is 7.08. The van der Waals surface area contributed by atoms with Gasteiger partial charge >= 0.3 is 0 Å². The highest BCUT2D eigenvalue weighted by Gasteiger charge is 2.09. The maximum absolute atomic E-state index is 9.46. The average molecular weight is 321 g/mol. The molecule has 96 valence electrons. The maximum Gasteiger partial charge on any atom is 0.0549 e. The Morgan fingerprint density at radius 2 is 2.18 bits per heavy atom. The highest BCUT2D eigenvalue weighted by atomic mass is 79.9. The molecule has 2 atom stereocenters. The third-order valence-electron chi connectivity index (χ3n) is 2.83. The van der Waals surface area contributed by atoms with Crippen molar-refractivity contribution in [3.05, 3.63) is 33.3 Å². The molecule has 0 saturated carbocycles. The molecule has 0 aliphatic carbocycles. The molecule has 1 aromatic rings. The quantitative estimate of drug-likeness (QED) is 0.833. The molecule has 0 fully saturated rings. The van der Waals surface area contributed by atoms with E-state index in [1.54, 1.807) is 0 Å². The molecule has 1 rings (SSSR count). The Morgan fingerprint density at radius 3 is 2.76 bits per heavy atom. The zero-order chi connectivity index (χ0) is 12.8. The SMILES string of the molecule is CCC(O)CCNC(C)c1ccc(Br)cc1Cl. The van der Waals surface area contributed by atoms with Crippen LogP contribution in [0.15, 0.2) is 22.7 Å². The maximum atomic E-state index is 9.46. The lowest BCUT2D eigenvalue weighted by Crippen LogP contribution is -2.23.